The number of rotatable bonds is 2. The Balaban J connectivity index is 2.01. The van der Waals surface area contributed by atoms with E-state index in [9.17, 15) is 4.39 Å². The number of hydrogen-bond acceptors (Lipinski definition) is 4. The molecule has 0 aromatic heterocycles. The standard InChI is InChI=1S/C14H13FN4/c15-13-3-1-2-4-14(13)19-7-5-18(6-8-19)11-12(9-16)10-17/h1-4,11H,5-8H2. The molecule has 1 saturated heterocycles. The van der Waals surface area contributed by atoms with Crippen LogP contribution in [0.4, 0.5) is 10.1 Å². The quantitative estimate of drug-likeness (QED) is 0.758. The molecular formula is C14H13FN4. The van der Waals surface area contributed by atoms with Gasteiger partial charge in [-0.1, -0.05) is 12.1 Å². The topological polar surface area (TPSA) is 54.1 Å². The molecule has 0 amide bonds. The molecule has 0 N–H and O–H groups in total. The molecule has 2 rings (SSSR count). The molecule has 1 heterocycles. The lowest BCUT2D eigenvalue weighted by molar-refractivity contribution is 0.346. The fraction of sp³-hybridized carbons (Fsp3) is 0.286. The number of hydrogen-bond donors (Lipinski definition) is 0. The van der Waals surface area contributed by atoms with Crippen LogP contribution >= 0.6 is 0 Å². The Hall–Kier alpha value is -2.53. The lowest BCUT2D eigenvalue weighted by Crippen LogP contribution is -2.44. The molecule has 4 nitrogen and oxygen atoms in total. The van der Waals surface area contributed by atoms with Gasteiger partial charge in [-0.15, -0.1) is 0 Å². The van der Waals surface area contributed by atoms with E-state index >= 15 is 0 Å². The fourth-order valence-corrected chi connectivity index (χ4v) is 2.07. The van der Waals surface area contributed by atoms with E-state index in [-0.39, 0.29) is 11.4 Å². The number of allylic oxidation sites excluding steroid dienone is 1. The Bertz CT molecular complexity index is 544. The third kappa shape index (κ3) is 3.02. The molecule has 0 spiro atoms. The molecule has 1 aromatic rings. The second-order valence-corrected chi connectivity index (χ2v) is 4.24. The van der Waals surface area contributed by atoms with Crippen LogP contribution in [0.15, 0.2) is 36.0 Å². The van der Waals surface area contributed by atoms with E-state index < -0.39 is 0 Å². The van der Waals surface area contributed by atoms with E-state index in [1.807, 2.05) is 28.0 Å². The van der Waals surface area contributed by atoms with Crippen molar-refractivity contribution in [3.8, 4) is 12.1 Å². The Morgan fingerprint density at radius 1 is 1.11 bits per heavy atom. The fourth-order valence-electron chi connectivity index (χ4n) is 2.07. The molecule has 0 aliphatic carbocycles. The maximum Gasteiger partial charge on any atom is 0.146 e. The van der Waals surface area contributed by atoms with E-state index in [2.05, 4.69) is 0 Å². The van der Waals surface area contributed by atoms with Crippen LogP contribution in [0, 0.1) is 28.5 Å². The molecule has 5 heteroatoms. The van der Waals surface area contributed by atoms with Gasteiger partial charge < -0.3 is 9.80 Å². The van der Waals surface area contributed by atoms with Crippen LogP contribution in [-0.4, -0.2) is 31.1 Å². The van der Waals surface area contributed by atoms with E-state index in [0.29, 0.717) is 31.9 Å². The van der Waals surface area contributed by atoms with Crippen molar-refractivity contribution >= 4 is 5.69 Å². The van der Waals surface area contributed by atoms with Crippen LogP contribution < -0.4 is 4.90 Å². The van der Waals surface area contributed by atoms with Gasteiger partial charge in [-0.25, -0.2) is 4.39 Å². The minimum Gasteiger partial charge on any atom is -0.372 e. The van der Waals surface area contributed by atoms with Gasteiger partial charge in [-0.05, 0) is 12.1 Å². The van der Waals surface area contributed by atoms with E-state index in [0.717, 1.165) is 0 Å². The van der Waals surface area contributed by atoms with Crippen molar-refractivity contribution in [1.82, 2.24) is 4.90 Å². The SMILES string of the molecule is N#CC(C#N)=CN1CCN(c2ccccc2F)CC1. The summed E-state index contributed by atoms with van der Waals surface area (Å²) in [5, 5.41) is 17.4. The maximum absolute atomic E-state index is 13.6. The molecule has 0 radical (unpaired) electrons. The average Bonchev–Trinajstić information content (AvgIpc) is 2.46. The lowest BCUT2D eigenvalue weighted by Gasteiger charge is -2.35. The Morgan fingerprint density at radius 2 is 1.74 bits per heavy atom. The predicted octanol–water partition coefficient (Wildman–Crippen LogP) is 1.88. The molecule has 1 fully saturated rings. The van der Waals surface area contributed by atoms with Gasteiger partial charge in [0.25, 0.3) is 0 Å². The van der Waals surface area contributed by atoms with Crippen LogP contribution in [0.1, 0.15) is 0 Å². The number of halogens is 1. The summed E-state index contributed by atoms with van der Waals surface area (Å²) in [5.74, 6) is -0.221. The maximum atomic E-state index is 13.6. The summed E-state index contributed by atoms with van der Waals surface area (Å²) < 4.78 is 13.6. The van der Waals surface area contributed by atoms with E-state index in [1.54, 1.807) is 18.3 Å². The molecule has 19 heavy (non-hydrogen) atoms. The number of para-hydroxylation sites is 1. The summed E-state index contributed by atoms with van der Waals surface area (Å²) in [5.41, 5.74) is 0.700. The minimum absolute atomic E-state index is 0.0966. The predicted molar refractivity (Wildman–Crippen MR) is 69.5 cm³/mol. The highest BCUT2D eigenvalue weighted by atomic mass is 19.1. The first-order chi connectivity index (χ1) is 9.24. The first-order valence-corrected chi connectivity index (χ1v) is 6.00. The van der Waals surface area contributed by atoms with Crippen LogP contribution in [0.3, 0.4) is 0 Å². The van der Waals surface area contributed by atoms with Gasteiger partial charge >= 0.3 is 0 Å². The molecule has 1 aliphatic heterocycles. The highest BCUT2D eigenvalue weighted by molar-refractivity contribution is 5.48. The van der Waals surface area contributed by atoms with Gasteiger partial charge in [-0.2, -0.15) is 10.5 Å². The Labute approximate surface area is 111 Å². The molecule has 1 aromatic carbocycles. The first-order valence-electron chi connectivity index (χ1n) is 6.00. The molecule has 0 unspecified atom stereocenters. The van der Waals surface area contributed by atoms with Gasteiger partial charge in [0, 0.05) is 32.4 Å². The minimum atomic E-state index is -0.221. The summed E-state index contributed by atoms with van der Waals surface area (Å²) in [4.78, 5) is 3.89. The second-order valence-electron chi connectivity index (χ2n) is 4.24. The largest absolute Gasteiger partial charge is 0.372 e. The summed E-state index contributed by atoms with van der Waals surface area (Å²) in [6, 6.07) is 10.4. The van der Waals surface area contributed by atoms with Crippen molar-refractivity contribution in [3.63, 3.8) is 0 Å². The zero-order valence-electron chi connectivity index (χ0n) is 10.4. The summed E-state index contributed by atoms with van der Waals surface area (Å²) in [6.07, 6.45) is 1.57. The molecule has 0 atom stereocenters. The molecular weight excluding hydrogens is 243 g/mol. The monoisotopic (exact) mass is 256 g/mol. The van der Waals surface area contributed by atoms with Gasteiger partial charge in [-0.3, -0.25) is 0 Å². The van der Waals surface area contributed by atoms with Gasteiger partial charge in [0.05, 0.1) is 5.69 Å². The van der Waals surface area contributed by atoms with Crippen LogP contribution in [0.5, 0.6) is 0 Å². The average molecular weight is 256 g/mol. The number of nitrogens with zero attached hydrogens (tertiary/aromatic N) is 4. The molecule has 0 saturated carbocycles. The van der Waals surface area contributed by atoms with Crippen molar-refractivity contribution < 1.29 is 4.39 Å². The van der Waals surface area contributed by atoms with Crippen LogP contribution in [0.2, 0.25) is 0 Å². The smallest absolute Gasteiger partial charge is 0.146 e. The Kier molecular flexibility index (Phi) is 4.00. The number of nitriles is 2. The van der Waals surface area contributed by atoms with Crippen LogP contribution in [0.25, 0.3) is 0 Å². The van der Waals surface area contributed by atoms with E-state index in [1.165, 1.54) is 6.07 Å². The number of benzene rings is 1. The van der Waals surface area contributed by atoms with Crippen LogP contribution in [-0.2, 0) is 0 Å². The number of piperazine rings is 1. The normalized spacial score (nSPS) is 14.5. The highest BCUT2D eigenvalue weighted by Gasteiger charge is 2.17. The molecule has 1 aliphatic rings. The number of anilines is 1. The van der Waals surface area contributed by atoms with Gasteiger partial charge in [0.1, 0.15) is 23.5 Å². The zero-order chi connectivity index (χ0) is 13.7. The van der Waals surface area contributed by atoms with E-state index in [4.69, 9.17) is 10.5 Å². The third-order valence-corrected chi connectivity index (χ3v) is 3.06. The molecule has 96 valence electrons. The van der Waals surface area contributed by atoms with Gasteiger partial charge in [0.2, 0.25) is 0 Å². The van der Waals surface area contributed by atoms with Crippen molar-refractivity contribution in [1.29, 1.82) is 10.5 Å². The Morgan fingerprint density at radius 3 is 2.32 bits per heavy atom. The summed E-state index contributed by atoms with van der Waals surface area (Å²) in [6.45, 7) is 2.67. The highest BCUT2D eigenvalue weighted by Crippen LogP contribution is 2.20. The van der Waals surface area contributed by atoms with Gasteiger partial charge in [0.15, 0.2) is 0 Å². The lowest BCUT2D eigenvalue weighted by atomic mass is 10.2. The first kappa shape index (κ1) is 12.9. The van der Waals surface area contributed by atoms with Crippen molar-refractivity contribution in [3.05, 3.63) is 41.9 Å². The molecule has 0 bridgehead atoms. The third-order valence-electron chi connectivity index (χ3n) is 3.06. The second kappa shape index (κ2) is 5.88. The van der Waals surface area contributed by atoms with Crippen molar-refractivity contribution in [2.45, 2.75) is 0 Å². The van der Waals surface area contributed by atoms with Crippen molar-refractivity contribution in [2.24, 2.45) is 0 Å². The zero-order valence-corrected chi connectivity index (χ0v) is 10.4. The summed E-state index contributed by atoms with van der Waals surface area (Å²) >= 11 is 0. The van der Waals surface area contributed by atoms with Crippen molar-refractivity contribution in [2.75, 3.05) is 31.1 Å². The summed E-state index contributed by atoms with van der Waals surface area (Å²) in [7, 11) is 0.